The maximum absolute atomic E-state index is 9.50. The van der Waals surface area contributed by atoms with E-state index in [1.807, 2.05) is 0 Å². The Morgan fingerprint density at radius 1 is 1.57 bits per heavy atom. The zero-order valence-electron chi connectivity index (χ0n) is 3.11. The third-order valence-corrected chi connectivity index (χ3v) is 2.61. The Kier molecular flexibility index (Phi) is 7.57. The number of rotatable bonds is 1. The van der Waals surface area contributed by atoms with Crippen molar-refractivity contribution < 1.29 is 65.1 Å². The van der Waals surface area contributed by atoms with E-state index in [0.717, 1.165) is 0 Å². The van der Waals surface area contributed by atoms with Gasteiger partial charge in [0.25, 0.3) is 0 Å². The molecule has 7 heavy (non-hydrogen) atoms. The summed E-state index contributed by atoms with van der Waals surface area (Å²) < 4.78 is 13.2. The van der Waals surface area contributed by atoms with Gasteiger partial charge in [0, 0.05) is 26.2 Å². The first-order valence-corrected chi connectivity index (χ1v) is 3.79. The molecule has 0 saturated carbocycles. The summed E-state index contributed by atoms with van der Waals surface area (Å²) in [4.78, 5) is 15.5. The van der Waals surface area contributed by atoms with Crippen molar-refractivity contribution in [3.63, 3.8) is 0 Å². The summed E-state index contributed by atoms with van der Waals surface area (Å²) in [5.41, 5.74) is 0. The molecule has 0 aliphatic rings. The summed E-state index contributed by atoms with van der Waals surface area (Å²) >= 11 is 0.257. The van der Waals surface area contributed by atoms with Gasteiger partial charge in [-0.1, -0.05) is 0 Å². The van der Waals surface area contributed by atoms with Crippen LogP contribution in [-0.4, -0.2) is 9.79 Å². The van der Waals surface area contributed by atoms with Gasteiger partial charge in [-0.05, 0) is 0 Å². The molecule has 0 bridgehead atoms. The standard InChI is InChI=1S/H3O4P.Ta.Zr/c1-5(2,3)4;;/h(H3,1,2,3,4);;/q;+1;/p-1. The first-order chi connectivity index (χ1) is 2.56. The van der Waals surface area contributed by atoms with Gasteiger partial charge in [0.05, 0.1) is 0 Å². The molecule has 0 heterocycles. The summed E-state index contributed by atoms with van der Waals surface area (Å²) in [5, 5.41) is 0. The maximum atomic E-state index is 9.50. The molecule has 0 aromatic rings. The van der Waals surface area contributed by atoms with Gasteiger partial charge in [-0.3, -0.25) is 0 Å². The van der Waals surface area contributed by atoms with Crippen LogP contribution in [0.2, 0.25) is 0 Å². The first-order valence-electron chi connectivity index (χ1n) is 0.948. The molecule has 0 spiro atoms. The van der Waals surface area contributed by atoms with Crippen molar-refractivity contribution in [3.05, 3.63) is 0 Å². The van der Waals surface area contributed by atoms with E-state index in [4.69, 9.17) is 9.79 Å². The molecule has 0 rings (SSSR count). The third-order valence-electron chi connectivity index (χ3n) is 0.106. The molecule has 0 unspecified atom stereocenters. The molecule has 0 radical (unpaired) electrons. The van der Waals surface area contributed by atoms with Crippen LogP contribution in [0.5, 0.6) is 0 Å². The van der Waals surface area contributed by atoms with Crippen LogP contribution in [0.3, 0.4) is 0 Å². The second kappa shape index (κ2) is 4.60. The van der Waals surface area contributed by atoms with Crippen LogP contribution in [0, 0.1) is 0 Å². The van der Waals surface area contributed by atoms with E-state index in [-0.39, 0.29) is 47.7 Å². The molecule has 7 heteroatoms. The monoisotopic (exact) mass is 368 g/mol. The van der Waals surface area contributed by atoms with Crippen LogP contribution in [0.25, 0.3) is 0 Å². The number of phosphoric acid groups is 1. The molecular weight excluding hydrogens is 367 g/mol. The van der Waals surface area contributed by atoms with Crippen molar-refractivity contribution in [2.75, 3.05) is 0 Å². The largest absolute Gasteiger partial charge is 0 e. The predicted octanol–water partition coefficient (Wildman–Crippen LogP) is -0.445. The summed E-state index contributed by atoms with van der Waals surface area (Å²) in [6, 6.07) is 0. The minimum absolute atomic E-state index is 0. The van der Waals surface area contributed by atoms with Crippen LogP contribution in [0.1, 0.15) is 0 Å². The minimum atomic E-state index is -4.10. The van der Waals surface area contributed by atoms with Crippen molar-refractivity contribution in [2.24, 2.45) is 0 Å². The van der Waals surface area contributed by atoms with Gasteiger partial charge in [-0.2, -0.15) is 0 Å². The number of hydrogen-bond acceptors (Lipinski definition) is 2. The van der Waals surface area contributed by atoms with E-state index >= 15 is 0 Å². The zero-order chi connectivity index (χ0) is 5.21. The fraction of sp³-hybridized carbons (Fsp3) is 0. The Morgan fingerprint density at radius 2 is 1.71 bits per heavy atom. The van der Waals surface area contributed by atoms with Crippen molar-refractivity contribution in [3.8, 4) is 0 Å². The summed E-state index contributed by atoms with van der Waals surface area (Å²) in [6.07, 6.45) is 0. The van der Waals surface area contributed by atoms with Crippen molar-refractivity contribution in [1.29, 1.82) is 0 Å². The second-order valence-electron chi connectivity index (χ2n) is 0.572. The van der Waals surface area contributed by atoms with Crippen molar-refractivity contribution in [1.82, 2.24) is 0 Å². The molecular formula is H2O4PTaZr. The summed E-state index contributed by atoms with van der Waals surface area (Å²) in [5.74, 6) is 0. The van der Waals surface area contributed by atoms with Gasteiger partial charge >= 0.3 is 46.7 Å². The van der Waals surface area contributed by atoms with Crippen LogP contribution in [-0.2, 0) is 55.3 Å². The Balaban J connectivity index is 0. The van der Waals surface area contributed by atoms with E-state index < -0.39 is 7.82 Å². The van der Waals surface area contributed by atoms with Gasteiger partial charge in [-0.15, -0.1) is 0 Å². The Hall–Kier alpha value is 1.73. The van der Waals surface area contributed by atoms with Crippen LogP contribution in [0.15, 0.2) is 0 Å². The average molecular weight is 369 g/mol. The average Bonchev–Trinajstić information content (AvgIpc) is 1.35. The van der Waals surface area contributed by atoms with Gasteiger partial charge in [-0.25, -0.2) is 0 Å². The maximum Gasteiger partial charge on any atom is 0 e. The van der Waals surface area contributed by atoms with E-state index in [1.54, 1.807) is 0 Å². The minimum Gasteiger partial charge on any atom is 0 e. The molecule has 0 fully saturated rings. The first kappa shape index (κ1) is 11.5. The zero-order valence-corrected chi connectivity index (χ0v) is 9.67. The molecule has 0 saturated heterocycles. The topological polar surface area (TPSA) is 66.8 Å². The van der Waals surface area contributed by atoms with Gasteiger partial charge in [0.2, 0.25) is 0 Å². The van der Waals surface area contributed by atoms with Crippen molar-refractivity contribution >= 4 is 7.82 Å². The quantitative estimate of drug-likeness (QED) is 0.615. The van der Waals surface area contributed by atoms with Crippen LogP contribution in [0.4, 0.5) is 0 Å². The van der Waals surface area contributed by atoms with E-state index in [0.29, 0.717) is 0 Å². The molecule has 40 valence electrons. The molecule has 4 nitrogen and oxygen atoms in total. The van der Waals surface area contributed by atoms with Gasteiger partial charge < -0.3 is 0 Å². The van der Waals surface area contributed by atoms with Gasteiger partial charge in [0.15, 0.2) is 0 Å². The molecule has 0 amide bonds. The fourth-order valence-corrected chi connectivity index (χ4v) is 0. The molecule has 2 N–H and O–H groups in total. The van der Waals surface area contributed by atoms with Crippen molar-refractivity contribution in [2.45, 2.75) is 0 Å². The fourth-order valence-electron chi connectivity index (χ4n) is 0. The predicted molar refractivity (Wildman–Crippen MR) is 13.1 cm³/mol. The van der Waals surface area contributed by atoms with E-state index in [9.17, 15) is 4.57 Å². The van der Waals surface area contributed by atoms with Crippen LogP contribution < -0.4 is 0 Å². The normalized spacial score (nSPS) is 10.0. The summed E-state index contributed by atoms with van der Waals surface area (Å²) in [7, 11) is -4.10. The SMILES string of the molecule is O=P(O)(O)[O][Ta].[Zr]. The molecule has 0 atom stereocenters. The Labute approximate surface area is 72.4 Å². The smallest absolute Gasteiger partial charge is 0 e. The van der Waals surface area contributed by atoms with Crippen LogP contribution >= 0.6 is 7.82 Å². The molecule has 0 aliphatic heterocycles. The molecule has 0 aliphatic carbocycles. The molecule has 0 aromatic heterocycles. The Morgan fingerprint density at radius 3 is 1.71 bits per heavy atom. The van der Waals surface area contributed by atoms with E-state index in [2.05, 4.69) is 3.03 Å². The van der Waals surface area contributed by atoms with Gasteiger partial charge in [0.1, 0.15) is 0 Å². The second-order valence-corrected chi connectivity index (χ2v) is 3.48. The third kappa shape index (κ3) is 11.3. The Bertz CT molecular complexity index is 75.8. The van der Waals surface area contributed by atoms with E-state index in [1.165, 1.54) is 0 Å². The summed E-state index contributed by atoms with van der Waals surface area (Å²) in [6.45, 7) is 0. The molecule has 0 aromatic carbocycles. The number of hydrogen-bond donors (Lipinski definition) is 2.